The minimum absolute atomic E-state index is 0.000943. The van der Waals surface area contributed by atoms with Gasteiger partial charge in [-0.1, -0.05) is 0 Å². The van der Waals surface area contributed by atoms with Crippen LogP contribution in [0.1, 0.15) is 32.0 Å². The average molecular weight is 252 g/mol. The number of hydrogen-bond acceptors (Lipinski definition) is 3. The highest BCUT2D eigenvalue weighted by atomic mass is 16.6. The van der Waals surface area contributed by atoms with E-state index in [1.54, 1.807) is 17.7 Å². The zero-order valence-electron chi connectivity index (χ0n) is 11.2. The molecule has 0 spiro atoms. The van der Waals surface area contributed by atoms with E-state index in [0.717, 1.165) is 5.56 Å². The zero-order chi connectivity index (χ0) is 13.9. The molecule has 0 bridgehead atoms. The van der Waals surface area contributed by atoms with Gasteiger partial charge in [0.05, 0.1) is 5.69 Å². The third-order valence-electron chi connectivity index (χ3n) is 2.17. The first-order chi connectivity index (χ1) is 8.19. The summed E-state index contributed by atoms with van der Waals surface area (Å²) in [5, 5.41) is 10.0. The Morgan fingerprint density at radius 2 is 2.17 bits per heavy atom. The Balaban J connectivity index is 2.57. The van der Waals surface area contributed by atoms with E-state index in [0.29, 0.717) is 12.2 Å². The molecule has 0 radical (unpaired) electrons. The zero-order valence-corrected chi connectivity index (χ0v) is 11.2. The number of rotatable bonds is 3. The summed E-state index contributed by atoms with van der Waals surface area (Å²) in [5.74, 6) is 0.000943. The third kappa shape index (κ3) is 4.12. The van der Waals surface area contributed by atoms with Gasteiger partial charge in [0, 0.05) is 19.8 Å². The van der Waals surface area contributed by atoms with Gasteiger partial charge < -0.3 is 20.4 Å². The molecule has 18 heavy (non-hydrogen) atoms. The largest absolute Gasteiger partial charge is 0.444 e. The highest BCUT2D eigenvalue weighted by Gasteiger charge is 2.16. The summed E-state index contributed by atoms with van der Waals surface area (Å²) in [6.45, 7) is 5.77. The van der Waals surface area contributed by atoms with Crippen molar-refractivity contribution in [1.29, 1.82) is 5.41 Å². The topological polar surface area (TPSA) is 93.1 Å². The number of nitrogens with one attached hydrogen (secondary N) is 2. The molecule has 0 aliphatic carbocycles. The number of ether oxygens (including phenoxy) is 1. The Morgan fingerprint density at radius 3 is 2.61 bits per heavy atom. The molecule has 0 fully saturated rings. The quantitative estimate of drug-likeness (QED) is 0.559. The molecule has 0 unspecified atom stereocenters. The molecule has 100 valence electrons. The molecule has 0 atom stereocenters. The molecule has 6 heteroatoms. The van der Waals surface area contributed by atoms with Gasteiger partial charge in [0.25, 0.3) is 0 Å². The number of hydrogen-bond donors (Lipinski definition) is 3. The van der Waals surface area contributed by atoms with Crippen molar-refractivity contribution in [3.8, 4) is 0 Å². The van der Waals surface area contributed by atoms with E-state index in [9.17, 15) is 4.79 Å². The van der Waals surface area contributed by atoms with Gasteiger partial charge >= 0.3 is 6.09 Å². The van der Waals surface area contributed by atoms with Crippen LogP contribution in [0.3, 0.4) is 0 Å². The maximum Gasteiger partial charge on any atom is 0.407 e. The molecule has 4 N–H and O–H groups in total. The van der Waals surface area contributed by atoms with E-state index in [4.69, 9.17) is 15.9 Å². The normalized spacial score (nSPS) is 11.1. The van der Waals surface area contributed by atoms with Gasteiger partial charge in [-0.25, -0.2) is 4.79 Å². The van der Waals surface area contributed by atoms with Crippen LogP contribution < -0.4 is 11.1 Å². The summed E-state index contributed by atoms with van der Waals surface area (Å²) in [7, 11) is 1.80. The second kappa shape index (κ2) is 5.12. The highest BCUT2D eigenvalue weighted by molar-refractivity contribution is 5.93. The van der Waals surface area contributed by atoms with Crippen molar-refractivity contribution in [2.45, 2.75) is 32.9 Å². The lowest BCUT2D eigenvalue weighted by atomic mass is 10.2. The average Bonchev–Trinajstić information content (AvgIpc) is 2.54. The number of nitrogens with two attached hydrogens (primary N) is 1. The van der Waals surface area contributed by atoms with Crippen molar-refractivity contribution < 1.29 is 9.53 Å². The second-order valence-corrected chi connectivity index (χ2v) is 5.11. The Hall–Kier alpha value is -1.98. The number of aryl methyl sites for hydroxylation is 1. The van der Waals surface area contributed by atoms with Crippen LogP contribution in [-0.2, 0) is 18.3 Å². The molecule has 0 aromatic carbocycles. The summed E-state index contributed by atoms with van der Waals surface area (Å²) in [6.07, 6.45) is 1.35. The number of aromatic nitrogens is 1. The van der Waals surface area contributed by atoms with Crippen molar-refractivity contribution in [3.63, 3.8) is 0 Å². The van der Waals surface area contributed by atoms with E-state index in [-0.39, 0.29) is 5.84 Å². The number of amidine groups is 1. The lowest BCUT2D eigenvalue weighted by Crippen LogP contribution is -2.32. The van der Waals surface area contributed by atoms with E-state index in [2.05, 4.69) is 5.32 Å². The molecular formula is C12H20N4O2. The summed E-state index contributed by atoms with van der Waals surface area (Å²) >= 11 is 0. The molecule has 1 rings (SSSR count). The van der Waals surface area contributed by atoms with Crippen LogP contribution in [0.4, 0.5) is 4.79 Å². The van der Waals surface area contributed by atoms with Crippen molar-refractivity contribution >= 4 is 11.9 Å². The van der Waals surface area contributed by atoms with Crippen LogP contribution in [0, 0.1) is 5.41 Å². The van der Waals surface area contributed by atoms with Gasteiger partial charge in [-0.3, -0.25) is 5.41 Å². The molecule has 0 saturated heterocycles. The van der Waals surface area contributed by atoms with Crippen molar-refractivity contribution in [1.82, 2.24) is 9.88 Å². The van der Waals surface area contributed by atoms with Gasteiger partial charge in [-0.2, -0.15) is 0 Å². The first-order valence-corrected chi connectivity index (χ1v) is 5.65. The first kappa shape index (κ1) is 14.1. The fourth-order valence-electron chi connectivity index (χ4n) is 1.49. The van der Waals surface area contributed by atoms with E-state index in [1.165, 1.54) is 0 Å². The minimum atomic E-state index is -0.509. The number of carbonyl (C=O) groups is 1. The maximum atomic E-state index is 11.5. The first-order valence-electron chi connectivity index (χ1n) is 5.65. The van der Waals surface area contributed by atoms with Crippen LogP contribution in [0.2, 0.25) is 0 Å². The van der Waals surface area contributed by atoms with Crippen molar-refractivity contribution in [2.24, 2.45) is 12.8 Å². The number of nitrogens with zero attached hydrogens (tertiary/aromatic N) is 1. The van der Waals surface area contributed by atoms with E-state index >= 15 is 0 Å². The smallest absolute Gasteiger partial charge is 0.407 e. The molecule has 0 aliphatic heterocycles. The fraction of sp³-hybridized carbons (Fsp3) is 0.500. The molecule has 0 aliphatic rings. The molecule has 1 aromatic rings. The second-order valence-electron chi connectivity index (χ2n) is 5.11. The van der Waals surface area contributed by atoms with Crippen molar-refractivity contribution in [3.05, 3.63) is 23.5 Å². The standard InChI is InChI=1S/C12H20N4O2/c1-12(2,3)18-11(17)15-6-8-5-9(10(13)14)16(4)7-8/h5,7H,6H2,1-4H3,(H3,13,14)(H,15,17). The Morgan fingerprint density at radius 1 is 1.56 bits per heavy atom. The number of nitrogen functional groups attached to an aromatic ring is 1. The molecule has 1 amide bonds. The Kier molecular flexibility index (Phi) is 4.00. The Bertz CT molecular complexity index is 457. The predicted molar refractivity (Wildman–Crippen MR) is 69.5 cm³/mol. The van der Waals surface area contributed by atoms with E-state index < -0.39 is 11.7 Å². The number of carbonyl (C=O) groups excluding carboxylic acids is 1. The van der Waals surface area contributed by atoms with Crippen LogP contribution in [-0.4, -0.2) is 22.1 Å². The number of amides is 1. The SMILES string of the molecule is Cn1cc(CNC(=O)OC(C)(C)C)cc1C(=N)N. The Labute approximate surface area is 107 Å². The van der Waals surface area contributed by atoms with Gasteiger partial charge in [-0.05, 0) is 32.4 Å². The summed E-state index contributed by atoms with van der Waals surface area (Å²) in [5.41, 5.74) is 6.40. The van der Waals surface area contributed by atoms with Crippen LogP contribution in [0.15, 0.2) is 12.3 Å². The number of alkyl carbamates (subject to hydrolysis) is 1. The maximum absolute atomic E-state index is 11.5. The lowest BCUT2D eigenvalue weighted by molar-refractivity contribution is 0.0523. The highest BCUT2D eigenvalue weighted by Crippen LogP contribution is 2.09. The minimum Gasteiger partial charge on any atom is -0.444 e. The molecule has 0 saturated carbocycles. The third-order valence-corrected chi connectivity index (χ3v) is 2.17. The van der Waals surface area contributed by atoms with E-state index in [1.807, 2.05) is 27.0 Å². The molecular weight excluding hydrogens is 232 g/mol. The molecule has 1 heterocycles. The summed E-state index contributed by atoms with van der Waals surface area (Å²) in [6, 6.07) is 1.76. The van der Waals surface area contributed by atoms with Crippen LogP contribution in [0.25, 0.3) is 0 Å². The van der Waals surface area contributed by atoms with Crippen LogP contribution in [0.5, 0.6) is 0 Å². The predicted octanol–water partition coefficient (Wildman–Crippen LogP) is 1.33. The van der Waals surface area contributed by atoms with Crippen molar-refractivity contribution in [2.75, 3.05) is 0 Å². The van der Waals surface area contributed by atoms with Gasteiger partial charge in [0.2, 0.25) is 0 Å². The van der Waals surface area contributed by atoms with Crippen LogP contribution >= 0.6 is 0 Å². The van der Waals surface area contributed by atoms with Gasteiger partial charge in [0.1, 0.15) is 11.4 Å². The summed E-state index contributed by atoms with van der Waals surface area (Å²) < 4.78 is 6.86. The molecule has 1 aromatic heterocycles. The van der Waals surface area contributed by atoms with Gasteiger partial charge in [-0.15, -0.1) is 0 Å². The van der Waals surface area contributed by atoms with Gasteiger partial charge in [0.15, 0.2) is 0 Å². The molecule has 6 nitrogen and oxygen atoms in total. The monoisotopic (exact) mass is 252 g/mol. The lowest BCUT2D eigenvalue weighted by Gasteiger charge is -2.19. The fourth-order valence-corrected chi connectivity index (χ4v) is 1.49. The summed E-state index contributed by atoms with van der Waals surface area (Å²) in [4.78, 5) is 11.5.